The average molecular weight is 359 g/mol. The summed E-state index contributed by atoms with van der Waals surface area (Å²) < 4.78 is 8.05. The summed E-state index contributed by atoms with van der Waals surface area (Å²) in [5.74, 6) is 0.669. The highest BCUT2D eigenvalue weighted by atomic mass is 79.9. The highest BCUT2D eigenvalue weighted by Crippen LogP contribution is 2.36. The van der Waals surface area contributed by atoms with Gasteiger partial charge in [-0.2, -0.15) is 5.10 Å². The van der Waals surface area contributed by atoms with Gasteiger partial charge < -0.3 is 10.5 Å². The molecule has 1 aromatic heterocycles. The number of nitrogens with two attached hydrogens (primary N) is 1. The van der Waals surface area contributed by atoms with E-state index in [2.05, 4.69) is 21.0 Å². The van der Waals surface area contributed by atoms with E-state index in [1.165, 1.54) is 0 Å². The highest BCUT2D eigenvalue weighted by molar-refractivity contribution is 9.10. The molecular formula is C14H17BrClN3O. The first-order chi connectivity index (χ1) is 9.47. The van der Waals surface area contributed by atoms with E-state index in [4.69, 9.17) is 22.1 Å². The first kappa shape index (κ1) is 15.4. The zero-order valence-electron chi connectivity index (χ0n) is 11.6. The van der Waals surface area contributed by atoms with Crippen molar-refractivity contribution in [2.75, 3.05) is 7.11 Å². The van der Waals surface area contributed by atoms with E-state index in [1.54, 1.807) is 13.3 Å². The van der Waals surface area contributed by atoms with Gasteiger partial charge in [0.1, 0.15) is 5.69 Å². The Morgan fingerprint density at radius 2 is 2.10 bits per heavy atom. The molecule has 0 aliphatic carbocycles. The second kappa shape index (κ2) is 6.16. The first-order valence-electron chi connectivity index (χ1n) is 6.28. The van der Waals surface area contributed by atoms with Crippen molar-refractivity contribution in [1.82, 2.24) is 9.78 Å². The third kappa shape index (κ3) is 2.71. The molecule has 108 valence electrons. The molecule has 0 aliphatic heterocycles. The number of methoxy groups -OCH3 is 1. The predicted octanol–water partition coefficient (Wildman–Crippen LogP) is 3.94. The van der Waals surface area contributed by atoms with E-state index in [9.17, 15) is 0 Å². The van der Waals surface area contributed by atoms with Crippen LogP contribution >= 0.6 is 27.5 Å². The van der Waals surface area contributed by atoms with E-state index in [1.807, 2.05) is 36.7 Å². The van der Waals surface area contributed by atoms with Gasteiger partial charge in [-0.1, -0.05) is 23.7 Å². The Morgan fingerprint density at radius 1 is 1.40 bits per heavy atom. The van der Waals surface area contributed by atoms with Crippen molar-refractivity contribution in [3.05, 3.63) is 45.1 Å². The first-order valence-corrected chi connectivity index (χ1v) is 7.45. The lowest BCUT2D eigenvalue weighted by Crippen LogP contribution is -2.20. The minimum absolute atomic E-state index is 0.186. The molecule has 2 rings (SSSR count). The van der Waals surface area contributed by atoms with Crippen molar-refractivity contribution < 1.29 is 4.74 Å². The van der Waals surface area contributed by atoms with Crippen molar-refractivity contribution in [2.24, 2.45) is 5.73 Å². The summed E-state index contributed by atoms with van der Waals surface area (Å²) >= 11 is 9.75. The van der Waals surface area contributed by atoms with Crippen LogP contribution in [0, 0.1) is 0 Å². The maximum absolute atomic E-state index is 6.40. The molecule has 0 amide bonds. The quantitative estimate of drug-likeness (QED) is 0.900. The Morgan fingerprint density at radius 3 is 2.70 bits per heavy atom. The van der Waals surface area contributed by atoms with Crippen LogP contribution in [0.15, 0.2) is 28.9 Å². The molecule has 0 fully saturated rings. The summed E-state index contributed by atoms with van der Waals surface area (Å²) in [6.45, 7) is 4.09. The maximum atomic E-state index is 6.40. The topological polar surface area (TPSA) is 53.1 Å². The van der Waals surface area contributed by atoms with Crippen LogP contribution in [0.25, 0.3) is 0 Å². The highest BCUT2D eigenvalue weighted by Gasteiger charge is 2.23. The molecule has 1 aromatic carbocycles. The van der Waals surface area contributed by atoms with Crippen LogP contribution < -0.4 is 10.5 Å². The van der Waals surface area contributed by atoms with Crippen LogP contribution in [-0.4, -0.2) is 16.9 Å². The minimum Gasteiger partial charge on any atom is -0.493 e. The molecule has 0 aliphatic rings. The van der Waals surface area contributed by atoms with Crippen molar-refractivity contribution in [3.8, 4) is 5.75 Å². The fourth-order valence-electron chi connectivity index (χ4n) is 2.13. The molecule has 0 bridgehead atoms. The van der Waals surface area contributed by atoms with Gasteiger partial charge in [-0.3, -0.25) is 4.68 Å². The van der Waals surface area contributed by atoms with Crippen LogP contribution in [0.5, 0.6) is 5.75 Å². The van der Waals surface area contributed by atoms with E-state index >= 15 is 0 Å². The summed E-state index contributed by atoms with van der Waals surface area (Å²) in [5.41, 5.74) is 8.06. The third-order valence-electron chi connectivity index (χ3n) is 3.12. The second-order valence-corrected chi connectivity index (χ2v) is 5.99. The van der Waals surface area contributed by atoms with Gasteiger partial charge in [-0.25, -0.2) is 0 Å². The Kier molecular flexibility index (Phi) is 4.73. The molecule has 4 nitrogen and oxygen atoms in total. The van der Waals surface area contributed by atoms with Crippen LogP contribution in [-0.2, 0) is 0 Å². The van der Waals surface area contributed by atoms with Crippen molar-refractivity contribution >= 4 is 27.5 Å². The van der Waals surface area contributed by atoms with E-state index < -0.39 is 6.04 Å². The average Bonchev–Trinajstić information content (AvgIpc) is 2.85. The molecule has 1 heterocycles. The van der Waals surface area contributed by atoms with Crippen molar-refractivity contribution in [2.45, 2.75) is 25.9 Å². The van der Waals surface area contributed by atoms with Gasteiger partial charge in [0.25, 0.3) is 0 Å². The largest absolute Gasteiger partial charge is 0.493 e. The molecule has 2 aromatic rings. The molecule has 0 saturated heterocycles. The van der Waals surface area contributed by atoms with Gasteiger partial charge in [-0.15, -0.1) is 0 Å². The molecule has 20 heavy (non-hydrogen) atoms. The molecule has 6 heteroatoms. The summed E-state index contributed by atoms with van der Waals surface area (Å²) in [7, 11) is 1.61. The maximum Gasteiger partial charge on any atom is 0.161 e. The second-order valence-electron chi connectivity index (χ2n) is 4.76. The van der Waals surface area contributed by atoms with Gasteiger partial charge in [0.15, 0.2) is 5.75 Å². The Labute approximate surface area is 132 Å². The summed E-state index contributed by atoms with van der Waals surface area (Å²) in [6, 6.07) is 5.49. The Hall–Kier alpha value is -1.04. The van der Waals surface area contributed by atoms with E-state index in [0.717, 1.165) is 15.7 Å². The molecule has 0 saturated carbocycles. The third-order valence-corrected chi connectivity index (χ3v) is 4.43. The lowest BCUT2D eigenvalue weighted by Gasteiger charge is -2.19. The van der Waals surface area contributed by atoms with Crippen LogP contribution in [0.1, 0.15) is 37.2 Å². The van der Waals surface area contributed by atoms with Gasteiger partial charge in [0, 0.05) is 10.5 Å². The van der Waals surface area contributed by atoms with E-state index in [-0.39, 0.29) is 6.04 Å². The summed E-state index contributed by atoms with van der Waals surface area (Å²) in [4.78, 5) is 0. The standard InChI is InChI=1S/C14H17BrClN3O/c1-8(2)19-14(11(20-3)7-18-19)13(17)9-5-4-6-10(15)12(9)16/h4-8,13H,17H2,1-3H3. The number of benzene rings is 1. The van der Waals surface area contributed by atoms with Gasteiger partial charge in [0.05, 0.1) is 24.4 Å². The molecule has 1 atom stereocenters. The van der Waals surface area contributed by atoms with Crippen molar-refractivity contribution in [3.63, 3.8) is 0 Å². The number of nitrogens with zero attached hydrogens (tertiary/aromatic N) is 2. The van der Waals surface area contributed by atoms with Crippen LogP contribution in [0.4, 0.5) is 0 Å². The Bertz CT molecular complexity index is 612. The fraction of sp³-hybridized carbons (Fsp3) is 0.357. The predicted molar refractivity (Wildman–Crippen MR) is 84.3 cm³/mol. The number of hydrogen-bond acceptors (Lipinski definition) is 3. The summed E-state index contributed by atoms with van der Waals surface area (Å²) in [6.07, 6.45) is 1.68. The summed E-state index contributed by atoms with van der Waals surface area (Å²) in [5, 5.41) is 4.95. The smallest absolute Gasteiger partial charge is 0.161 e. The zero-order chi connectivity index (χ0) is 14.9. The number of ether oxygens (including phenoxy) is 1. The van der Waals surface area contributed by atoms with Gasteiger partial charge in [-0.05, 0) is 41.4 Å². The monoisotopic (exact) mass is 357 g/mol. The molecule has 0 radical (unpaired) electrons. The Balaban J connectivity index is 2.55. The zero-order valence-corrected chi connectivity index (χ0v) is 13.9. The SMILES string of the molecule is COc1cnn(C(C)C)c1C(N)c1cccc(Br)c1Cl. The number of rotatable bonds is 4. The number of hydrogen-bond donors (Lipinski definition) is 1. The van der Waals surface area contributed by atoms with Gasteiger partial charge >= 0.3 is 0 Å². The fourth-order valence-corrected chi connectivity index (χ4v) is 2.75. The lowest BCUT2D eigenvalue weighted by atomic mass is 10.0. The minimum atomic E-state index is -0.403. The van der Waals surface area contributed by atoms with E-state index in [0.29, 0.717) is 10.8 Å². The van der Waals surface area contributed by atoms with Gasteiger partial charge in [0.2, 0.25) is 0 Å². The molecule has 2 N–H and O–H groups in total. The van der Waals surface area contributed by atoms with Crippen molar-refractivity contribution in [1.29, 1.82) is 0 Å². The van der Waals surface area contributed by atoms with Crippen LogP contribution in [0.3, 0.4) is 0 Å². The number of aromatic nitrogens is 2. The molecule has 0 spiro atoms. The molecule has 1 unspecified atom stereocenters. The van der Waals surface area contributed by atoms with Crippen LogP contribution in [0.2, 0.25) is 5.02 Å². The number of halogens is 2. The lowest BCUT2D eigenvalue weighted by molar-refractivity contribution is 0.401. The normalized spacial score (nSPS) is 12.8. The molecular weight excluding hydrogens is 342 g/mol.